The summed E-state index contributed by atoms with van der Waals surface area (Å²) >= 11 is 9.53. The van der Waals surface area contributed by atoms with Gasteiger partial charge in [0.1, 0.15) is 29.3 Å². The average molecular weight is 708 g/mol. The van der Waals surface area contributed by atoms with Crippen LogP contribution in [-0.2, 0) is 11.0 Å². The van der Waals surface area contributed by atoms with Gasteiger partial charge in [-0.15, -0.1) is 0 Å². The van der Waals surface area contributed by atoms with E-state index in [1.54, 1.807) is 11.4 Å². The quantitative estimate of drug-likeness (QED) is 0.219. The molecule has 204 valence electrons. The van der Waals surface area contributed by atoms with Crippen molar-refractivity contribution in [1.29, 1.82) is 0 Å². The minimum absolute atomic E-state index is 0. The summed E-state index contributed by atoms with van der Waals surface area (Å²) in [6.07, 6.45) is -5.85. The van der Waals surface area contributed by atoms with Crippen molar-refractivity contribution >= 4 is 62.3 Å². The lowest BCUT2D eigenvalue weighted by Gasteiger charge is -2.29. The lowest BCUT2D eigenvalue weighted by Crippen LogP contribution is -3.00. The third-order valence-electron chi connectivity index (χ3n) is 6.03. The second kappa shape index (κ2) is 12.5. The van der Waals surface area contributed by atoms with Crippen LogP contribution in [0.1, 0.15) is 5.56 Å². The van der Waals surface area contributed by atoms with Crippen LogP contribution in [0, 0.1) is 0 Å². The average Bonchev–Trinajstić information content (AvgIpc) is 2.90. The fourth-order valence-electron chi connectivity index (χ4n) is 4.19. The lowest BCUT2D eigenvalue weighted by molar-refractivity contribution is -0.267. The Bertz CT molecular complexity index is 1330. The maximum atomic E-state index is 13.9. The maximum Gasteiger partial charge on any atom is 0.463 e. The predicted octanol–water partition coefficient (Wildman–Crippen LogP) is 4.74. The molecule has 4 aromatic rings. The van der Waals surface area contributed by atoms with Crippen molar-refractivity contribution in [2.45, 2.75) is 18.3 Å². The number of rotatable bonds is 7. The molecule has 0 fully saturated rings. The van der Waals surface area contributed by atoms with E-state index in [0.29, 0.717) is 10.0 Å². The highest BCUT2D eigenvalue weighted by Crippen LogP contribution is 2.59. The van der Waals surface area contributed by atoms with Gasteiger partial charge in [0, 0.05) is 15.7 Å². The minimum atomic E-state index is -6.05. The Balaban J connectivity index is 0.00000420. The summed E-state index contributed by atoms with van der Waals surface area (Å²) in [5.41, 5.74) is 0.122. The van der Waals surface area contributed by atoms with E-state index < -0.39 is 25.3 Å². The Morgan fingerprint density at radius 3 is 1.56 bits per heavy atom. The van der Waals surface area contributed by atoms with E-state index in [4.69, 9.17) is 11.6 Å². The molecule has 39 heavy (non-hydrogen) atoms. The van der Waals surface area contributed by atoms with E-state index in [1.807, 2.05) is 91.0 Å². The first-order chi connectivity index (χ1) is 18.0. The Hall–Kier alpha value is -2.32. The van der Waals surface area contributed by atoms with Gasteiger partial charge in [0.05, 0.1) is 5.02 Å². The molecule has 0 spiro atoms. The van der Waals surface area contributed by atoms with Crippen LogP contribution >= 0.6 is 34.8 Å². The van der Waals surface area contributed by atoms with Gasteiger partial charge in [-0.2, -0.15) is 22.0 Å². The highest BCUT2D eigenvalue weighted by molar-refractivity contribution is 9.10. The minimum Gasteiger partial charge on any atom is -1.00 e. The molecule has 0 aliphatic rings. The SMILES string of the molecule is O=C(Nc1cc(Cl)c(Br)cc1C[P+](c1ccccc1)(c1ccccc1)c1ccccc1)C(F)(F)C(F)(F)F.[Br-]. The van der Waals surface area contributed by atoms with Crippen LogP contribution in [0.5, 0.6) is 0 Å². The molecular formula is C28H20Br2ClF5NOP. The van der Waals surface area contributed by atoms with Gasteiger partial charge in [-0.3, -0.25) is 4.79 Å². The van der Waals surface area contributed by atoms with E-state index >= 15 is 0 Å². The molecule has 11 heteroatoms. The summed E-state index contributed by atoms with van der Waals surface area (Å²) in [6.45, 7) is 0. The number of halogens is 8. The first-order valence-electron chi connectivity index (χ1n) is 11.3. The molecule has 0 bridgehead atoms. The van der Waals surface area contributed by atoms with Crippen molar-refractivity contribution < 1.29 is 43.7 Å². The third-order valence-corrected chi connectivity index (χ3v) is 11.6. The van der Waals surface area contributed by atoms with E-state index in [-0.39, 0.29) is 33.9 Å². The van der Waals surface area contributed by atoms with E-state index in [9.17, 15) is 26.7 Å². The van der Waals surface area contributed by atoms with E-state index in [2.05, 4.69) is 15.9 Å². The van der Waals surface area contributed by atoms with Gasteiger partial charge in [0.2, 0.25) is 0 Å². The number of hydrogen-bond donors (Lipinski definition) is 1. The van der Waals surface area contributed by atoms with Crippen LogP contribution in [-0.4, -0.2) is 18.0 Å². The van der Waals surface area contributed by atoms with Crippen molar-refractivity contribution in [1.82, 2.24) is 0 Å². The van der Waals surface area contributed by atoms with E-state index in [1.165, 1.54) is 6.07 Å². The monoisotopic (exact) mass is 705 g/mol. The zero-order valence-electron chi connectivity index (χ0n) is 19.9. The molecule has 0 aromatic heterocycles. The second-order valence-corrected chi connectivity index (χ2v) is 13.2. The van der Waals surface area contributed by atoms with Gasteiger partial charge in [-0.25, -0.2) is 0 Å². The Kier molecular flexibility index (Phi) is 9.97. The number of hydrogen-bond acceptors (Lipinski definition) is 1. The molecule has 1 N–H and O–H groups in total. The van der Waals surface area contributed by atoms with Gasteiger partial charge in [0.15, 0.2) is 0 Å². The molecule has 0 aliphatic heterocycles. The molecule has 1 amide bonds. The molecule has 0 heterocycles. The first-order valence-corrected chi connectivity index (χ1v) is 14.4. The molecular weight excluding hydrogens is 688 g/mol. The fraction of sp³-hybridized carbons (Fsp3) is 0.107. The van der Waals surface area contributed by atoms with Gasteiger partial charge >= 0.3 is 18.0 Å². The molecule has 4 aromatic carbocycles. The van der Waals surface area contributed by atoms with Crippen LogP contribution < -0.4 is 38.2 Å². The maximum absolute atomic E-state index is 13.9. The topological polar surface area (TPSA) is 29.1 Å². The molecule has 2 nitrogen and oxygen atoms in total. The number of anilines is 1. The number of alkyl halides is 5. The number of amides is 1. The van der Waals surface area contributed by atoms with Crippen molar-refractivity contribution in [2.75, 3.05) is 5.32 Å². The molecule has 4 rings (SSSR count). The van der Waals surface area contributed by atoms with Gasteiger partial charge in [-0.05, 0) is 64.5 Å². The van der Waals surface area contributed by atoms with Crippen molar-refractivity contribution in [3.05, 3.63) is 118 Å². The normalized spacial score (nSPS) is 12.0. The molecule has 0 saturated heterocycles. The Labute approximate surface area is 246 Å². The van der Waals surface area contributed by atoms with Crippen molar-refractivity contribution in [2.24, 2.45) is 0 Å². The summed E-state index contributed by atoms with van der Waals surface area (Å²) in [5, 5.41) is 4.73. The van der Waals surface area contributed by atoms with Crippen LogP contribution in [0.3, 0.4) is 0 Å². The van der Waals surface area contributed by atoms with E-state index in [0.717, 1.165) is 15.9 Å². The molecule has 0 atom stereocenters. The summed E-state index contributed by atoms with van der Waals surface area (Å²) in [6, 6.07) is 31.5. The van der Waals surface area contributed by atoms with Crippen LogP contribution in [0.4, 0.5) is 27.6 Å². The zero-order valence-corrected chi connectivity index (χ0v) is 24.7. The number of carbonyl (C=O) groups excluding carboxylic acids is 1. The largest absolute Gasteiger partial charge is 1.00 e. The van der Waals surface area contributed by atoms with Gasteiger partial charge in [0.25, 0.3) is 0 Å². The van der Waals surface area contributed by atoms with Crippen molar-refractivity contribution in [3.8, 4) is 0 Å². The third kappa shape index (κ3) is 6.37. The van der Waals surface area contributed by atoms with Gasteiger partial charge in [-0.1, -0.05) is 66.2 Å². The first kappa shape index (κ1) is 31.2. The van der Waals surface area contributed by atoms with Crippen LogP contribution in [0.2, 0.25) is 5.02 Å². The Morgan fingerprint density at radius 1 is 0.769 bits per heavy atom. The smallest absolute Gasteiger partial charge is 0.463 e. The van der Waals surface area contributed by atoms with Crippen LogP contribution in [0.15, 0.2) is 108 Å². The molecule has 0 aliphatic carbocycles. The Morgan fingerprint density at radius 2 is 1.18 bits per heavy atom. The number of nitrogens with one attached hydrogen (secondary N) is 1. The molecule has 0 radical (unpaired) electrons. The summed E-state index contributed by atoms with van der Waals surface area (Å²) < 4.78 is 66.9. The number of carbonyl (C=O) groups is 1. The summed E-state index contributed by atoms with van der Waals surface area (Å²) in [5.74, 6) is -8.07. The van der Waals surface area contributed by atoms with Crippen LogP contribution in [0.25, 0.3) is 0 Å². The number of benzene rings is 4. The highest BCUT2D eigenvalue weighted by atomic mass is 79.9. The highest BCUT2D eigenvalue weighted by Gasteiger charge is 2.63. The molecule has 0 saturated carbocycles. The molecule has 0 unspecified atom stereocenters. The summed E-state index contributed by atoms with van der Waals surface area (Å²) in [4.78, 5) is 12.2. The zero-order chi connectivity index (χ0) is 27.6. The predicted molar refractivity (Wildman–Crippen MR) is 148 cm³/mol. The van der Waals surface area contributed by atoms with Crippen molar-refractivity contribution in [3.63, 3.8) is 0 Å². The summed E-state index contributed by atoms with van der Waals surface area (Å²) in [7, 11) is -2.58. The standard InChI is InChI=1S/C28H19BrClF5NOP.BrH/c29-23-16-19(25(17-24(23)30)36-26(37)27(31,32)28(33,34)35)18-38(20-10-4-1-5-11-20,21-12-6-2-7-13-21)22-14-8-3-9-15-22;/h1-17H,18H2;1H. The lowest BCUT2D eigenvalue weighted by atomic mass is 10.2. The second-order valence-electron chi connectivity index (χ2n) is 8.42. The van der Waals surface area contributed by atoms with Gasteiger partial charge < -0.3 is 22.3 Å². The fourth-order valence-corrected chi connectivity index (χ4v) is 9.00.